The fraction of sp³-hybridized carbons (Fsp3) is 0.474. The van der Waals surface area contributed by atoms with E-state index < -0.39 is 41.8 Å². The van der Waals surface area contributed by atoms with Gasteiger partial charge in [0.2, 0.25) is 17.7 Å². The van der Waals surface area contributed by atoms with Gasteiger partial charge in [-0.1, -0.05) is 30.3 Å². The summed E-state index contributed by atoms with van der Waals surface area (Å²) >= 11 is 0. The molecule has 1 aliphatic heterocycles. The second kappa shape index (κ2) is 9.84. The van der Waals surface area contributed by atoms with Crippen molar-refractivity contribution in [1.82, 2.24) is 15.5 Å². The van der Waals surface area contributed by atoms with Crippen LogP contribution in [-0.2, 0) is 25.6 Å². The Labute approximate surface area is 163 Å². The van der Waals surface area contributed by atoms with Crippen molar-refractivity contribution in [1.29, 1.82) is 0 Å². The van der Waals surface area contributed by atoms with E-state index in [9.17, 15) is 24.3 Å². The van der Waals surface area contributed by atoms with Crippen LogP contribution in [0.25, 0.3) is 0 Å². The molecule has 0 bridgehead atoms. The van der Waals surface area contributed by atoms with Gasteiger partial charge in [-0.15, -0.1) is 0 Å². The van der Waals surface area contributed by atoms with Crippen molar-refractivity contribution in [2.75, 3.05) is 13.1 Å². The summed E-state index contributed by atoms with van der Waals surface area (Å²) in [6.45, 7) is 1.51. The Bertz CT molecular complexity index is 722. The summed E-state index contributed by atoms with van der Waals surface area (Å²) in [7, 11) is 0. The molecule has 28 heavy (non-hydrogen) atoms. The number of carbonyl (C=O) groups excluding carboxylic acids is 3. The molecule has 5 N–H and O–H groups in total. The number of carboxylic acids is 1. The van der Waals surface area contributed by atoms with Crippen LogP contribution in [0.3, 0.4) is 0 Å². The van der Waals surface area contributed by atoms with Gasteiger partial charge in [-0.2, -0.15) is 0 Å². The molecule has 1 fully saturated rings. The van der Waals surface area contributed by atoms with Crippen LogP contribution in [-0.4, -0.2) is 64.9 Å². The largest absolute Gasteiger partial charge is 0.480 e. The topological polar surface area (TPSA) is 142 Å². The van der Waals surface area contributed by atoms with Crippen molar-refractivity contribution in [2.24, 2.45) is 5.73 Å². The van der Waals surface area contributed by atoms with Gasteiger partial charge in [0.15, 0.2) is 0 Å². The standard InChI is InChI=1S/C19H26N4O5/c1-12(20)17(25)21-11-16(24)22-14(10-13-6-3-2-4-7-13)18(26)23-9-5-8-15(23)19(27)28/h2-4,6-7,12,14-15H,5,8-11,20H2,1H3,(H,21,25)(H,22,24)(H,27,28)/t12-,14-,15-/m0/s1. The summed E-state index contributed by atoms with van der Waals surface area (Å²) in [5, 5.41) is 14.4. The zero-order chi connectivity index (χ0) is 20.7. The Morgan fingerprint density at radius 1 is 1.25 bits per heavy atom. The van der Waals surface area contributed by atoms with Gasteiger partial charge in [0, 0.05) is 13.0 Å². The van der Waals surface area contributed by atoms with Gasteiger partial charge in [0.25, 0.3) is 0 Å². The van der Waals surface area contributed by atoms with E-state index in [-0.39, 0.29) is 13.0 Å². The summed E-state index contributed by atoms with van der Waals surface area (Å²) < 4.78 is 0. The Kier molecular flexibility index (Phi) is 7.51. The summed E-state index contributed by atoms with van der Waals surface area (Å²) in [5.74, 6) is -2.53. The Balaban J connectivity index is 2.10. The molecule has 9 nitrogen and oxygen atoms in total. The van der Waals surface area contributed by atoms with Crippen LogP contribution >= 0.6 is 0 Å². The van der Waals surface area contributed by atoms with Crippen LogP contribution in [0.1, 0.15) is 25.3 Å². The van der Waals surface area contributed by atoms with Crippen LogP contribution in [0, 0.1) is 0 Å². The van der Waals surface area contributed by atoms with Gasteiger partial charge in [-0.3, -0.25) is 14.4 Å². The lowest BCUT2D eigenvalue weighted by Gasteiger charge is -2.27. The average molecular weight is 390 g/mol. The number of nitrogens with two attached hydrogens (primary N) is 1. The third-order valence-electron chi connectivity index (χ3n) is 4.57. The molecule has 0 unspecified atom stereocenters. The molecule has 1 aliphatic rings. The lowest BCUT2D eigenvalue weighted by molar-refractivity contribution is -0.149. The van der Waals surface area contributed by atoms with E-state index in [1.807, 2.05) is 30.3 Å². The molecule has 3 atom stereocenters. The molecule has 1 heterocycles. The maximum absolute atomic E-state index is 13.0. The molecule has 0 spiro atoms. The molecule has 152 valence electrons. The highest BCUT2D eigenvalue weighted by Gasteiger charge is 2.37. The zero-order valence-corrected chi connectivity index (χ0v) is 15.8. The molecular formula is C19H26N4O5. The van der Waals surface area contributed by atoms with E-state index in [0.29, 0.717) is 19.4 Å². The molecular weight excluding hydrogens is 364 g/mol. The second-order valence-corrected chi connectivity index (χ2v) is 6.84. The quantitative estimate of drug-likeness (QED) is 0.460. The van der Waals surface area contributed by atoms with Gasteiger partial charge in [-0.25, -0.2) is 4.79 Å². The van der Waals surface area contributed by atoms with Crippen molar-refractivity contribution in [3.05, 3.63) is 35.9 Å². The second-order valence-electron chi connectivity index (χ2n) is 6.84. The number of carboxylic acid groups (broad SMARTS) is 1. The lowest BCUT2D eigenvalue weighted by Crippen LogP contribution is -2.54. The van der Waals surface area contributed by atoms with Crippen molar-refractivity contribution in [3.8, 4) is 0 Å². The predicted octanol–water partition coefficient (Wildman–Crippen LogP) is -0.747. The third-order valence-corrected chi connectivity index (χ3v) is 4.57. The fourth-order valence-corrected chi connectivity index (χ4v) is 3.11. The number of hydrogen-bond donors (Lipinski definition) is 4. The van der Waals surface area contributed by atoms with Gasteiger partial charge >= 0.3 is 5.97 Å². The van der Waals surface area contributed by atoms with Crippen molar-refractivity contribution >= 4 is 23.7 Å². The van der Waals surface area contributed by atoms with Gasteiger partial charge in [-0.05, 0) is 25.3 Å². The van der Waals surface area contributed by atoms with Gasteiger partial charge in [0.1, 0.15) is 12.1 Å². The maximum Gasteiger partial charge on any atom is 0.326 e. The zero-order valence-electron chi connectivity index (χ0n) is 15.8. The smallest absolute Gasteiger partial charge is 0.326 e. The number of likely N-dealkylation sites (tertiary alicyclic amines) is 1. The first-order valence-electron chi connectivity index (χ1n) is 9.19. The molecule has 1 saturated heterocycles. The van der Waals surface area contributed by atoms with E-state index in [4.69, 9.17) is 5.73 Å². The third kappa shape index (κ3) is 5.78. The minimum Gasteiger partial charge on any atom is -0.480 e. The minimum atomic E-state index is -1.06. The number of aliphatic carboxylic acids is 1. The highest BCUT2D eigenvalue weighted by atomic mass is 16.4. The van der Waals surface area contributed by atoms with E-state index in [1.54, 1.807) is 0 Å². The normalized spacial score (nSPS) is 18.2. The highest BCUT2D eigenvalue weighted by Crippen LogP contribution is 2.19. The van der Waals surface area contributed by atoms with Crippen molar-refractivity contribution in [3.63, 3.8) is 0 Å². The number of hydrogen-bond acceptors (Lipinski definition) is 5. The molecule has 3 amide bonds. The molecule has 1 aromatic rings. The minimum absolute atomic E-state index is 0.218. The Morgan fingerprint density at radius 3 is 2.54 bits per heavy atom. The number of amides is 3. The number of carbonyl (C=O) groups is 4. The Morgan fingerprint density at radius 2 is 1.93 bits per heavy atom. The molecule has 2 rings (SSSR count). The van der Waals surface area contributed by atoms with Crippen molar-refractivity contribution < 1.29 is 24.3 Å². The SMILES string of the molecule is C[C@H](N)C(=O)NCC(=O)N[C@@H](Cc1ccccc1)C(=O)N1CCC[C@H]1C(=O)O. The average Bonchev–Trinajstić information content (AvgIpc) is 3.16. The van der Waals surface area contributed by atoms with Crippen LogP contribution in [0.4, 0.5) is 0 Å². The first-order chi connectivity index (χ1) is 13.3. The van der Waals surface area contributed by atoms with Crippen LogP contribution < -0.4 is 16.4 Å². The molecule has 0 radical (unpaired) electrons. The van der Waals surface area contributed by atoms with Crippen molar-refractivity contribution in [2.45, 2.75) is 44.3 Å². The molecule has 0 aliphatic carbocycles. The molecule has 0 aromatic heterocycles. The fourth-order valence-electron chi connectivity index (χ4n) is 3.11. The summed E-state index contributed by atoms with van der Waals surface area (Å²) in [4.78, 5) is 49.5. The lowest BCUT2D eigenvalue weighted by atomic mass is 10.0. The van der Waals surface area contributed by atoms with Gasteiger partial charge in [0.05, 0.1) is 12.6 Å². The van der Waals surface area contributed by atoms with E-state index in [1.165, 1.54) is 11.8 Å². The summed E-state index contributed by atoms with van der Waals surface area (Å²) in [5.41, 5.74) is 6.27. The Hall–Kier alpha value is -2.94. The maximum atomic E-state index is 13.0. The summed E-state index contributed by atoms with van der Waals surface area (Å²) in [6, 6.07) is 6.54. The monoisotopic (exact) mass is 390 g/mol. The summed E-state index contributed by atoms with van der Waals surface area (Å²) in [6.07, 6.45) is 1.20. The molecule has 9 heteroatoms. The van der Waals surface area contributed by atoms with E-state index >= 15 is 0 Å². The highest BCUT2D eigenvalue weighted by molar-refractivity contribution is 5.92. The number of nitrogens with one attached hydrogen (secondary N) is 2. The number of benzene rings is 1. The van der Waals surface area contributed by atoms with Gasteiger partial charge < -0.3 is 26.4 Å². The van der Waals surface area contributed by atoms with E-state index in [2.05, 4.69) is 10.6 Å². The van der Waals surface area contributed by atoms with Crippen LogP contribution in [0.2, 0.25) is 0 Å². The molecule has 0 saturated carbocycles. The van der Waals surface area contributed by atoms with E-state index in [0.717, 1.165) is 5.56 Å². The van der Waals surface area contributed by atoms with Crippen LogP contribution in [0.15, 0.2) is 30.3 Å². The predicted molar refractivity (Wildman–Crippen MR) is 101 cm³/mol. The molecule has 1 aromatic carbocycles. The number of rotatable bonds is 8. The van der Waals surface area contributed by atoms with Crippen LogP contribution in [0.5, 0.6) is 0 Å². The first-order valence-corrected chi connectivity index (χ1v) is 9.19. The first kappa shape index (κ1) is 21.4. The number of nitrogens with zero attached hydrogens (tertiary/aromatic N) is 1.